The van der Waals surface area contributed by atoms with Gasteiger partial charge in [-0.1, -0.05) is 59.1 Å². The fourth-order valence-corrected chi connectivity index (χ4v) is 4.15. The van der Waals surface area contributed by atoms with Crippen LogP contribution in [0.4, 0.5) is 11.4 Å². The van der Waals surface area contributed by atoms with E-state index in [-0.39, 0.29) is 17.2 Å². The SMILES string of the molecule is Cc1ccc(NS(=O)(=O)c2ccc(CCC(=O)Nc3cccc(Cl)c3Cl)cc2)cc1. The first-order valence-corrected chi connectivity index (χ1v) is 11.4. The molecule has 30 heavy (non-hydrogen) atoms. The molecule has 3 aromatic rings. The molecule has 0 aliphatic rings. The lowest BCUT2D eigenvalue weighted by Crippen LogP contribution is -2.14. The van der Waals surface area contributed by atoms with Crippen molar-refractivity contribution in [1.29, 1.82) is 0 Å². The van der Waals surface area contributed by atoms with Gasteiger partial charge in [-0.05, 0) is 55.3 Å². The van der Waals surface area contributed by atoms with E-state index in [1.165, 1.54) is 12.1 Å². The Bertz CT molecular complexity index is 1150. The molecule has 0 unspecified atom stereocenters. The standard InChI is InChI=1S/C22H20Cl2N2O3S/c1-15-5-10-17(11-6-15)26-30(28,29)18-12-7-16(8-13-18)9-14-21(27)25-20-4-2-3-19(23)22(20)24/h2-8,10-13,26H,9,14H2,1H3,(H,25,27). The van der Waals surface area contributed by atoms with Crippen molar-refractivity contribution >= 4 is 50.5 Å². The van der Waals surface area contributed by atoms with E-state index in [0.717, 1.165) is 11.1 Å². The van der Waals surface area contributed by atoms with Gasteiger partial charge in [0.25, 0.3) is 10.0 Å². The van der Waals surface area contributed by atoms with Crippen LogP contribution in [0.1, 0.15) is 17.5 Å². The van der Waals surface area contributed by atoms with Crippen molar-refractivity contribution in [3.05, 3.63) is 87.9 Å². The molecule has 3 aromatic carbocycles. The van der Waals surface area contributed by atoms with E-state index in [1.807, 2.05) is 19.1 Å². The zero-order valence-electron chi connectivity index (χ0n) is 16.2. The normalized spacial score (nSPS) is 11.2. The number of carbonyl (C=O) groups is 1. The van der Waals surface area contributed by atoms with Crippen LogP contribution in [0.25, 0.3) is 0 Å². The van der Waals surface area contributed by atoms with Crippen LogP contribution >= 0.6 is 23.2 Å². The minimum atomic E-state index is -3.68. The molecule has 0 spiro atoms. The highest BCUT2D eigenvalue weighted by atomic mass is 35.5. The van der Waals surface area contributed by atoms with Gasteiger partial charge < -0.3 is 5.32 Å². The topological polar surface area (TPSA) is 75.3 Å². The predicted molar refractivity (Wildman–Crippen MR) is 122 cm³/mol. The molecule has 0 saturated carbocycles. The highest BCUT2D eigenvalue weighted by Crippen LogP contribution is 2.29. The summed E-state index contributed by atoms with van der Waals surface area (Å²) in [7, 11) is -3.68. The number of nitrogens with one attached hydrogen (secondary N) is 2. The Labute approximate surface area is 186 Å². The summed E-state index contributed by atoms with van der Waals surface area (Å²) in [6.07, 6.45) is 0.673. The number of aryl methyl sites for hydroxylation is 2. The first-order chi connectivity index (χ1) is 14.2. The summed E-state index contributed by atoms with van der Waals surface area (Å²) < 4.78 is 27.6. The van der Waals surface area contributed by atoms with Crippen molar-refractivity contribution in [2.75, 3.05) is 10.0 Å². The molecule has 0 saturated heterocycles. The molecule has 2 N–H and O–H groups in total. The van der Waals surface area contributed by atoms with Crippen LogP contribution in [-0.2, 0) is 21.2 Å². The van der Waals surface area contributed by atoms with Crippen molar-refractivity contribution in [3.8, 4) is 0 Å². The van der Waals surface area contributed by atoms with E-state index in [1.54, 1.807) is 42.5 Å². The number of amides is 1. The van der Waals surface area contributed by atoms with Gasteiger partial charge >= 0.3 is 0 Å². The summed E-state index contributed by atoms with van der Waals surface area (Å²) >= 11 is 12.0. The van der Waals surface area contributed by atoms with Gasteiger partial charge in [0.15, 0.2) is 0 Å². The van der Waals surface area contributed by atoms with Crippen molar-refractivity contribution in [1.82, 2.24) is 0 Å². The molecule has 0 aliphatic heterocycles. The largest absolute Gasteiger partial charge is 0.325 e. The maximum Gasteiger partial charge on any atom is 0.261 e. The smallest absolute Gasteiger partial charge is 0.261 e. The maximum atomic E-state index is 12.5. The molecular formula is C22H20Cl2N2O3S. The highest BCUT2D eigenvalue weighted by molar-refractivity contribution is 7.92. The Kier molecular flexibility index (Phi) is 7.02. The van der Waals surface area contributed by atoms with Gasteiger partial charge in [-0.15, -0.1) is 0 Å². The van der Waals surface area contributed by atoms with Crippen LogP contribution in [0.3, 0.4) is 0 Å². The van der Waals surface area contributed by atoms with E-state index in [0.29, 0.717) is 27.8 Å². The summed E-state index contributed by atoms with van der Waals surface area (Å²) in [5, 5.41) is 3.39. The van der Waals surface area contributed by atoms with Crippen molar-refractivity contribution < 1.29 is 13.2 Å². The number of anilines is 2. The number of rotatable bonds is 7. The van der Waals surface area contributed by atoms with Crippen molar-refractivity contribution in [3.63, 3.8) is 0 Å². The summed E-state index contributed by atoms with van der Waals surface area (Å²) in [4.78, 5) is 12.3. The molecular weight excluding hydrogens is 443 g/mol. The average Bonchev–Trinajstić information content (AvgIpc) is 2.72. The molecule has 0 radical (unpaired) electrons. The van der Waals surface area contributed by atoms with Gasteiger partial charge in [0.1, 0.15) is 0 Å². The van der Waals surface area contributed by atoms with E-state index in [2.05, 4.69) is 10.0 Å². The third-order valence-electron chi connectivity index (χ3n) is 4.40. The number of hydrogen-bond acceptors (Lipinski definition) is 3. The average molecular weight is 463 g/mol. The first-order valence-electron chi connectivity index (χ1n) is 9.17. The lowest BCUT2D eigenvalue weighted by Gasteiger charge is -2.10. The van der Waals surface area contributed by atoms with Crippen LogP contribution in [0.5, 0.6) is 0 Å². The predicted octanol–water partition coefficient (Wildman–Crippen LogP) is 5.67. The summed E-state index contributed by atoms with van der Waals surface area (Å²) in [6, 6.07) is 18.6. The van der Waals surface area contributed by atoms with E-state index in [9.17, 15) is 13.2 Å². The van der Waals surface area contributed by atoms with Gasteiger partial charge in [-0.25, -0.2) is 8.42 Å². The van der Waals surface area contributed by atoms with E-state index < -0.39 is 10.0 Å². The molecule has 0 bridgehead atoms. The van der Waals surface area contributed by atoms with Crippen LogP contribution in [0.15, 0.2) is 71.6 Å². The Balaban J connectivity index is 1.59. The second-order valence-electron chi connectivity index (χ2n) is 6.77. The molecule has 0 heterocycles. The summed E-state index contributed by atoms with van der Waals surface area (Å²) in [5.74, 6) is -0.211. The number of carbonyl (C=O) groups excluding carboxylic acids is 1. The Hall–Kier alpha value is -2.54. The summed E-state index contributed by atoms with van der Waals surface area (Å²) in [5.41, 5.74) is 2.85. The summed E-state index contributed by atoms with van der Waals surface area (Å²) in [6.45, 7) is 1.93. The fourth-order valence-electron chi connectivity index (χ4n) is 2.74. The van der Waals surface area contributed by atoms with Gasteiger partial charge in [0, 0.05) is 12.1 Å². The number of halogens is 2. The Morgan fingerprint density at radius 3 is 2.27 bits per heavy atom. The van der Waals surface area contributed by atoms with Gasteiger partial charge in [0.05, 0.1) is 20.6 Å². The van der Waals surface area contributed by atoms with Crippen LogP contribution in [0, 0.1) is 6.92 Å². The minimum Gasteiger partial charge on any atom is -0.325 e. The molecule has 0 fully saturated rings. The van der Waals surface area contributed by atoms with Crippen molar-refractivity contribution in [2.45, 2.75) is 24.7 Å². The second-order valence-corrected chi connectivity index (χ2v) is 9.23. The van der Waals surface area contributed by atoms with Crippen LogP contribution in [-0.4, -0.2) is 14.3 Å². The third kappa shape index (κ3) is 5.75. The zero-order chi connectivity index (χ0) is 21.7. The Morgan fingerprint density at radius 2 is 1.60 bits per heavy atom. The molecule has 0 aromatic heterocycles. The highest BCUT2D eigenvalue weighted by Gasteiger charge is 2.14. The van der Waals surface area contributed by atoms with Crippen molar-refractivity contribution in [2.24, 2.45) is 0 Å². The molecule has 5 nitrogen and oxygen atoms in total. The molecule has 3 rings (SSSR count). The number of hydrogen-bond donors (Lipinski definition) is 2. The van der Waals surface area contributed by atoms with Gasteiger partial charge in [-0.3, -0.25) is 9.52 Å². The lowest BCUT2D eigenvalue weighted by molar-refractivity contribution is -0.116. The lowest BCUT2D eigenvalue weighted by atomic mass is 10.1. The maximum absolute atomic E-state index is 12.5. The Morgan fingerprint density at radius 1 is 0.933 bits per heavy atom. The molecule has 0 aliphatic carbocycles. The fraction of sp³-hybridized carbons (Fsp3) is 0.136. The quantitative estimate of drug-likeness (QED) is 0.474. The molecule has 8 heteroatoms. The molecule has 1 amide bonds. The zero-order valence-corrected chi connectivity index (χ0v) is 18.5. The van der Waals surface area contributed by atoms with Gasteiger partial charge in [0.2, 0.25) is 5.91 Å². The van der Waals surface area contributed by atoms with E-state index in [4.69, 9.17) is 23.2 Å². The monoisotopic (exact) mass is 462 g/mol. The van der Waals surface area contributed by atoms with Crippen LogP contribution in [0.2, 0.25) is 10.0 Å². The third-order valence-corrected chi connectivity index (χ3v) is 6.62. The second kappa shape index (κ2) is 9.51. The molecule has 0 atom stereocenters. The van der Waals surface area contributed by atoms with Crippen LogP contribution < -0.4 is 10.0 Å². The van der Waals surface area contributed by atoms with E-state index >= 15 is 0 Å². The first kappa shape index (κ1) is 22.2. The number of sulfonamides is 1. The number of benzene rings is 3. The molecule has 156 valence electrons. The minimum absolute atomic E-state index is 0.155. The van der Waals surface area contributed by atoms with Gasteiger partial charge in [-0.2, -0.15) is 0 Å².